The Morgan fingerprint density at radius 3 is 2.75 bits per heavy atom. The number of likely N-dealkylation sites (tertiary alicyclic amines) is 1. The number of benzene rings is 1. The highest BCUT2D eigenvalue weighted by molar-refractivity contribution is 5.77. The van der Waals surface area contributed by atoms with Crippen molar-refractivity contribution in [2.45, 2.75) is 64.2 Å². The highest BCUT2D eigenvalue weighted by atomic mass is 19.4. The number of hydrogen-bond acceptors (Lipinski definition) is 2. The highest BCUT2D eigenvalue weighted by Gasteiger charge is 2.40. The van der Waals surface area contributed by atoms with E-state index in [-0.39, 0.29) is 24.1 Å². The average Bonchev–Trinajstić information content (AvgIpc) is 3.27. The zero-order chi connectivity index (χ0) is 19.9. The van der Waals surface area contributed by atoms with Gasteiger partial charge in [-0.25, -0.2) is 0 Å². The molecule has 4 rings (SSSR count). The molecule has 2 heterocycles. The van der Waals surface area contributed by atoms with Crippen molar-refractivity contribution in [2.24, 2.45) is 0 Å². The first-order valence-electron chi connectivity index (χ1n) is 9.86. The zero-order valence-corrected chi connectivity index (χ0v) is 15.9. The summed E-state index contributed by atoms with van der Waals surface area (Å²) in [6, 6.07) is 8.07. The highest BCUT2D eigenvalue weighted by Crippen LogP contribution is 2.36. The zero-order valence-electron chi connectivity index (χ0n) is 15.9. The number of hydrogen-bond donors (Lipinski definition) is 0. The Morgan fingerprint density at radius 1 is 1.21 bits per heavy atom. The van der Waals surface area contributed by atoms with Gasteiger partial charge in [-0.15, -0.1) is 0 Å². The van der Waals surface area contributed by atoms with Gasteiger partial charge < -0.3 is 4.90 Å². The van der Waals surface area contributed by atoms with Gasteiger partial charge in [-0.3, -0.25) is 9.48 Å². The fraction of sp³-hybridized carbons (Fsp3) is 0.524. The molecule has 1 atom stereocenters. The summed E-state index contributed by atoms with van der Waals surface area (Å²) in [6.45, 7) is 2.52. The Labute approximate surface area is 162 Å². The van der Waals surface area contributed by atoms with E-state index in [2.05, 4.69) is 11.2 Å². The third kappa shape index (κ3) is 3.54. The molecule has 0 spiro atoms. The molecular formula is C21H24F3N3O. The minimum atomic E-state index is -4.48. The summed E-state index contributed by atoms with van der Waals surface area (Å²) in [7, 11) is 0. The van der Waals surface area contributed by atoms with Crippen LogP contribution in [0.15, 0.2) is 24.3 Å². The molecule has 28 heavy (non-hydrogen) atoms. The standard InChI is InChI=1S/C21H24F3N3O/c1-14-6-4-7-15(12-14)17-10-5-11-26(17)19(28)13-27-18-9-3-2-8-16(18)20(25-27)21(22,23)24/h4,6-7,12,17H,2-3,5,8-11,13H2,1H3. The van der Waals surface area contributed by atoms with E-state index in [0.717, 1.165) is 36.8 Å². The molecule has 1 unspecified atom stereocenters. The summed E-state index contributed by atoms with van der Waals surface area (Å²) >= 11 is 0. The molecule has 0 bridgehead atoms. The van der Waals surface area contributed by atoms with Crippen molar-refractivity contribution in [2.75, 3.05) is 6.54 Å². The van der Waals surface area contributed by atoms with Gasteiger partial charge in [0.2, 0.25) is 5.91 Å². The van der Waals surface area contributed by atoms with Crippen molar-refractivity contribution in [3.63, 3.8) is 0 Å². The van der Waals surface area contributed by atoms with Crippen molar-refractivity contribution in [1.82, 2.24) is 14.7 Å². The van der Waals surface area contributed by atoms with Crippen LogP contribution >= 0.6 is 0 Å². The van der Waals surface area contributed by atoms with Crippen LogP contribution in [0.4, 0.5) is 13.2 Å². The van der Waals surface area contributed by atoms with Gasteiger partial charge in [0.15, 0.2) is 5.69 Å². The number of halogens is 3. The normalized spacial score (nSPS) is 19.7. The summed E-state index contributed by atoms with van der Waals surface area (Å²) in [5.41, 5.74) is 2.27. The number of amides is 1. The molecule has 4 nitrogen and oxygen atoms in total. The van der Waals surface area contributed by atoms with Crippen LogP contribution < -0.4 is 0 Å². The molecule has 1 aliphatic heterocycles. The van der Waals surface area contributed by atoms with E-state index in [9.17, 15) is 18.0 Å². The number of carbonyl (C=O) groups excluding carboxylic acids is 1. The molecule has 1 fully saturated rings. The predicted octanol–water partition coefficient (Wildman–Crippen LogP) is 4.45. The predicted molar refractivity (Wildman–Crippen MR) is 98.7 cm³/mol. The maximum atomic E-state index is 13.4. The van der Waals surface area contributed by atoms with Gasteiger partial charge in [0.25, 0.3) is 0 Å². The van der Waals surface area contributed by atoms with Crippen LogP contribution in [0.25, 0.3) is 0 Å². The first kappa shape index (κ1) is 19.0. The quantitative estimate of drug-likeness (QED) is 0.775. The fourth-order valence-corrected chi connectivity index (χ4v) is 4.54. The molecule has 2 aliphatic rings. The summed E-state index contributed by atoms with van der Waals surface area (Å²) < 4.78 is 41.4. The summed E-state index contributed by atoms with van der Waals surface area (Å²) in [6.07, 6.45) is -0.207. The Bertz CT molecular complexity index is 888. The molecule has 1 saturated heterocycles. The van der Waals surface area contributed by atoms with Crippen molar-refractivity contribution in [3.05, 3.63) is 52.3 Å². The Balaban J connectivity index is 1.59. The molecule has 0 radical (unpaired) electrons. The molecule has 1 amide bonds. The topological polar surface area (TPSA) is 38.1 Å². The van der Waals surface area contributed by atoms with E-state index in [0.29, 0.717) is 25.1 Å². The third-order valence-electron chi connectivity index (χ3n) is 5.81. The third-order valence-corrected chi connectivity index (χ3v) is 5.81. The lowest BCUT2D eigenvalue weighted by molar-refractivity contribution is -0.142. The average molecular weight is 391 g/mol. The lowest BCUT2D eigenvalue weighted by Crippen LogP contribution is -2.34. The molecule has 7 heteroatoms. The number of aromatic nitrogens is 2. The second-order valence-electron chi connectivity index (χ2n) is 7.80. The van der Waals surface area contributed by atoms with E-state index >= 15 is 0 Å². The lowest BCUT2D eigenvalue weighted by Gasteiger charge is -2.26. The van der Waals surface area contributed by atoms with Gasteiger partial charge in [-0.1, -0.05) is 29.8 Å². The second kappa shape index (κ2) is 7.26. The van der Waals surface area contributed by atoms with Crippen LogP contribution in [-0.4, -0.2) is 27.1 Å². The van der Waals surface area contributed by atoms with Crippen LogP contribution in [0.3, 0.4) is 0 Å². The molecule has 1 aromatic carbocycles. The molecule has 150 valence electrons. The maximum absolute atomic E-state index is 13.4. The summed E-state index contributed by atoms with van der Waals surface area (Å²) in [5, 5.41) is 3.83. The monoisotopic (exact) mass is 391 g/mol. The summed E-state index contributed by atoms with van der Waals surface area (Å²) in [5.74, 6) is -0.159. The first-order chi connectivity index (χ1) is 13.3. The molecular weight excluding hydrogens is 367 g/mol. The Kier molecular flexibility index (Phi) is 4.93. The SMILES string of the molecule is Cc1cccc(C2CCCN2C(=O)Cn2nc(C(F)(F)F)c3c2CCCC3)c1. The fourth-order valence-electron chi connectivity index (χ4n) is 4.54. The van der Waals surface area contributed by atoms with Gasteiger partial charge in [-0.05, 0) is 51.0 Å². The van der Waals surface area contributed by atoms with Crippen LogP contribution in [-0.2, 0) is 30.4 Å². The molecule has 0 saturated carbocycles. The number of nitrogens with zero attached hydrogens (tertiary/aromatic N) is 3. The molecule has 0 N–H and O–H groups in total. The van der Waals surface area contributed by atoms with Crippen LogP contribution in [0.5, 0.6) is 0 Å². The maximum Gasteiger partial charge on any atom is 0.435 e. The van der Waals surface area contributed by atoms with Crippen molar-refractivity contribution in [1.29, 1.82) is 0 Å². The van der Waals surface area contributed by atoms with Gasteiger partial charge in [-0.2, -0.15) is 18.3 Å². The van der Waals surface area contributed by atoms with Gasteiger partial charge in [0.1, 0.15) is 6.54 Å². The van der Waals surface area contributed by atoms with Crippen molar-refractivity contribution >= 4 is 5.91 Å². The Hall–Kier alpha value is -2.31. The van der Waals surface area contributed by atoms with Crippen LogP contribution in [0.1, 0.15) is 59.8 Å². The largest absolute Gasteiger partial charge is 0.435 e. The summed E-state index contributed by atoms with van der Waals surface area (Å²) in [4.78, 5) is 14.8. The number of carbonyl (C=O) groups is 1. The van der Waals surface area contributed by atoms with Crippen LogP contribution in [0, 0.1) is 6.92 Å². The minimum absolute atomic E-state index is 0.0131. The van der Waals surface area contributed by atoms with E-state index in [1.165, 1.54) is 4.68 Å². The first-order valence-corrected chi connectivity index (χ1v) is 9.86. The molecule has 2 aromatic rings. The second-order valence-corrected chi connectivity index (χ2v) is 7.80. The van der Waals surface area contributed by atoms with Gasteiger partial charge >= 0.3 is 6.18 Å². The van der Waals surface area contributed by atoms with Gasteiger partial charge in [0, 0.05) is 17.8 Å². The van der Waals surface area contributed by atoms with E-state index in [4.69, 9.17) is 0 Å². The van der Waals surface area contributed by atoms with Gasteiger partial charge in [0.05, 0.1) is 6.04 Å². The van der Waals surface area contributed by atoms with E-state index in [1.807, 2.05) is 25.1 Å². The van der Waals surface area contributed by atoms with Crippen molar-refractivity contribution in [3.8, 4) is 0 Å². The number of rotatable bonds is 3. The minimum Gasteiger partial charge on any atom is -0.334 e. The molecule has 1 aromatic heterocycles. The molecule has 1 aliphatic carbocycles. The lowest BCUT2D eigenvalue weighted by atomic mass is 9.95. The van der Waals surface area contributed by atoms with E-state index in [1.54, 1.807) is 4.90 Å². The number of fused-ring (bicyclic) bond motifs is 1. The number of alkyl halides is 3. The van der Waals surface area contributed by atoms with E-state index < -0.39 is 11.9 Å². The van der Waals surface area contributed by atoms with Crippen molar-refractivity contribution < 1.29 is 18.0 Å². The Morgan fingerprint density at radius 2 is 2.00 bits per heavy atom. The number of aryl methyl sites for hydroxylation is 1. The van der Waals surface area contributed by atoms with Crippen LogP contribution in [0.2, 0.25) is 0 Å². The smallest absolute Gasteiger partial charge is 0.334 e.